The quantitative estimate of drug-likeness (QED) is 0.313. The summed E-state index contributed by atoms with van der Waals surface area (Å²) >= 11 is 0. The molecule has 0 radical (unpaired) electrons. The van der Waals surface area contributed by atoms with Crippen molar-refractivity contribution in [2.75, 3.05) is 0 Å². The minimum atomic E-state index is 0.612. The standard InChI is InChI=1S/C31H19N7/c1-17-14-15-18-16-25(17)33-27-20-9-3-5-11-22(20)29(35-27)37-31-24-13-7-6-12-23(24)30(38-31)36-28-21-10-4-2-8-19(21)26(32-18)34-28/h2-16H,1H3,(H,32,33,34,35,36,37,38). The number of aromatic nitrogens is 1. The number of aryl methyl sites for hydroxylation is 1. The van der Waals surface area contributed by atoms with Gasteiger partial charge in [-0.3, -0.25) is 0 Å². The van der Waals surface area contributed by atoms with Gasteiger partial charge in [0.05, 0.1) is 11.4 Å². The van der Waals surface area contributed by atoms with Crippen LogP contribution in [0.15, 0.2) is 121 Å². The van der Waals surface area contributed by atoms with E-state index in [2.05, 4.69) is 4.98 Å². The average molecular weight is 490 g/mol. The maximum Gasteiger partial charge on any atom is 0.164 e. The Morgan fingerprint density at radius 3 is 1.50 bits per heavy atom. The molecule has 38 heavy (non-hydrogen) atoms. The van der Waals surface area contributed by atoms with Crippen molar-refractivity contribution >= 4 is 45.5 Å². The molecule has 5 aromatic rings. The van der Waals surface area contributed by atoms with Crippen molar-refractivity contribution in [2.24, 2.45) is 30.0 Å². The van der Waals surface area contributed by atoms with Crippen LogP contribution in [0.5, 0.6) is 0 Å². The van der Waals surface area contributed by atoms with Crippen LogP contribution in [0.1, 0.15) is 27.8 Å². The van der Waals surface area contributed by atoms with E-state index in [9.17, 15) is 0 Å². The van der Waals surface area contributed by atoms with Crippen molar-refractivity contribution in [1.82, 2.24) is 4.98 Å². The molecule has 0 saturated heterocycles. The second-order valence-corrected chi connectivity index (χ2v) is 9.40. The molecule has 0 saturated carbocycles. The fraction of sp³-hybridized carbons (Fsp3) is 0.0323. The molecule has 0 atom stereocenters. The summed E-state index contributed by atoms with van der Waals surface area (Å²) in [6.07, 6.45) is 0. The van der Waals surface area contributed by atoms with Crippen molar-refractivity contribution < 1.29 is 0 Å². The summed E-state index contributed by atoms with van der Waals surface area (Å²) in [6, 6.07) is 30.2. The molecule has 1 N–H and O–H groups in total. The molecular formula is C31H19N7. The zero-order valence-corrected chi connectivity index (χ0v) is 20.3. The van der Waals surface area contributed by atoms with E-state index in [1.54, 1.807) is 0 Å². The summed E-state index contributed by atoms with van der Waals surface area (Å²) in [4.78, 5) is 33.1. The first-order chi connectivity index (χ1) is 18.7. The number of benzene rings is 4. The van der Waals surface area contributed by atoms with Gasteiger partial charge in [-0.2, -0.15) is 0 Å². The summed E-state index contributed by atoms with van der Waals surface area (Å²) < 4.78 is 0. The highest BCUT2D eigenvalue weighted by molar-refractivity contribution is 6.24. The number of fused-ring (bicyclic) bond motifs is 15. The molecule has 178 valence electrons. The van der Waals surface area contributed by atoms with Crippen LogP contribution in [0.3, 0.4) is 0 Å². The van der Waals surface area contributed by atoms with Gasteiger partial charge >= 0.3 is 0 Å². The van der Waals surface area contributed by atoms with Gasteiger partial charge in [-0.15, -0.1) is 0 Å². The third kappa shape index (κ3) is 3.15. The third-order valence-corrected chi connectivity index (χ3v) is 7.00. The van der Waals surface area contributed by atoms with Gasteiger partial charge in [0.25, 0.3) is 0 Å². The van der Waals surface area contributed by atoms with Gasteiger partial charge in [-0.1, -0.05) is 78.9 Å². The van der Waals surface area contributed by atoms with Gasteiger partial charge < -0.3 is 4.98 Å². The Morgan fingerprint density at radius 2 is 0.947 bits per heavy atom. The predicted octanol–water partition coefficient (Wildman–Crippen LogP) is 5.11. The predicted molar refractivity (Wildman–Crippen MR) is 150 cm³/mol. The molecule has 1 aromatic heterocycles. The molecule has 4 heterocycles. The molecule has 0 unspecified atom stereocenters. The summed E-state index contributed by atoms with van der Waals surface area (Å²) in [6.45, 7) is 2.04. The van der Waals surface area contributed by atoms with Crippen LogP contribution in [-0.2, 0) is 0 Å². The SMILES string of the molecule is Cc1ccc2cc1N=C1N=C(N=c3[nH]c(c4ccccc34)=NC3=NC(=N2)c2ccccc23)c2ccccc21. The minimum Gasteiger partial charge on any atom is -0.324 e. The third-order valence-electron chi connectivity index (χ3n) is 7.00. The number of rotatable bonds is 0. The van der Waals surface area contributed by atoms with E-state index in [1.807, 2.05) is 97.9 Å². The molecule has 0 aliphatic carbocycles. The maximum atomic E-state index is 5.00. The number of nitrogens with zero attached hydrogens (tertiary/aromatic N) is 6. The van der Waals surface area contributed by atoms with E-state index in [-0.39, 0.29) is 0 Å². The lowest BCUT2D eigenvalue weighted by molar-refractivity contribution is 1.15. The highest BCUT2D eigenvalue weighted by atomic mass is 15.1. The van der Waals surface area contributed by atoms with Crippen LogP contribution in [0.2, 0.25) is 0 Å². The van der Waals surface area contributed by atoms with Crippen LogP contribution in [0.4, 0.5) is 11.4 Å². The van der Waals surface area contributed by atoms with E-state index in [0.29, 0.717) is 34.3 Å². The smallest absolute Gasteiger partial charge is 0.164 e. The lowest BCUT2D eigenvalue weighted by atomic mass is 10.1. The highest BCUT2D eigenvalue weighted by Gasteiger charge is 2.23. The van der Waals surface area contributed by atoms with Gasteiger partial charge in [-0.25, -0.2) is 30.0 Å². The Hall–Kier alpha value is -5.30. The zero-order valence-electron chi connectivity index (χ0n) is 20.3. The topological polar surface area (TPSA) is 89.9 Å². The van der Waals surface area contributed by atoms with Crippen molar-refractivity contribution in [3.05, 3.63) is 130 Å². The highest BCUT2D eigenvalue weighted by Crippen LogP contribution is 2.30. The Labute approximate surface area is 217 Å². The number of nitrogens with one attached hydrogen (secondary N) is 1. The number of hydrogen-bond donors (Lipinski definition) is 1. The molecule has 8 rings (SSSR count). The second kappa shape index (κ2) is 7.85. The molecule has 3 aliphatic heterocycles. The molecule has 7 nitrogen and oxygen atoms in total. The van der Waals surface area contributed by atoms with Gasteiger partial charge in [0.2, 0.25) is 0 Å². The maximum absolute atomic E-state index is 5.00. The molecule has 3 aliphatic rings. The Kier molecular flexibility index (Phi) is 4.31. The Balaban J connectivity index is 1.50. The molecule has 7 heteroatoms. The van der Waals surface area contributed by atoms with Crippen molar-refractivity contribution in [3.8, 4) is 0 Å². The molecule has 0 fully saturated rings. The molecule has 8 bridgehead atoms. The minimum absolute atomic E-state index is 0.612. The number of H-pyrrole nitrogens is 1. The van der Waals surface area contributed by atoms with Gasteiger partial charge in [0.15, 0.2) is 23.3 Å². The van der Waals surface area contributed by atoms with Crippen LogP contribution in [-0.4, -0.2) is 28.3 Å². The largest absolute Gasteiger partial charge is 0.324 e. The average Bonchev–Trinajstić information content (AvgIpc) is 3.59. The molecule has 4 aromatic carbocycles. The first-order valence-electron chi connectivity index (χ1n) is 12.4. The van der Waals surface area contributed by atoms with E-state index in [0.717, 1.165) is 50.0 Å². The fourth-order valence-corrected chi connectivity index (χ4v) is 5.08. The van der Waals surface area contributed by atoms with Crippen LogP contribution < -0.4 is 11.0 Å². The first-order valence-corrected chi connectivity index (χ1v) is 12.4. The number of amidine groups is 4. The van der Waals surface area contributed by atoms with Gasteiger partial charge in [0, 0.05) is 33.0 Å². The van der Waals surface area contributed by atoms with Crippen molar-refractivity contribution in [3.63, 3.8) is 0 Å². The van der Waals surface area contributed by atoms with E-state index in [4.69, 9.17) is 30.0 Å². The van der Waals surface area contributed by atoms with E-state index < -0.39 is 0 Å². The second-order valence-electron chi connectivity index (χ2n) is 9.40. The van der Waals surface area contributed by atoms with Crippen LogP contribution in [0, 0.1) is 6.92 Å². The van der Waals surface area contributed by atoms with E-state index >= 15 is 0 Å². The summed E-state index contributed by atoms with van der Waals surface area (Å²) in [5.74, 6) is 2.48. The van der Waals surface area contributed by atoms with Crippen LogP contribution in [0.25, 0.3) is 10.8 Å². The number of hydrogen-bond acceptors (Lipinski definition) is 6. The Morgan fingerprint density at radius 1 is 0.474 bits per heavy atom. The van der Waals surface area contributed by atoms with E-state index in [1.165, 1.54) is 0 Å². The van der Waals surface area contributed by atoms with Crippen molar-refractivity contribution in [1.29, 1.82) is 0 Å². The van der Waals surface area contributed by atoms with Gasteiger partial charge in [-0.05, 0) is 24.6 Å². The normalized spacial score (nSPS) is 15.0. The summed E-state index contributed by atoms with van der Waals surface area (Å²) in [7, 11) is 0. The molecule has 0 amide bonds. The fourth-order valence-electron chi connectivity index (χ4n) is 5.08. The summed E-state index contributed by atoms with van der Waals surface area (Å²) in [5, 5.41) is 1.92. The lowest BCUT2D eigenvalue weighted by Crippen LogP contribution is -2.15. The van der Waals surface area contributed by atoms with Gasteiger partial charge in [0.1, 0.15) is 11.0 Å². The van der Waals surface area contributed by atoms with Crippen molar-refractivity contribution in [2.45, 2.75) is 6.92 Å². The lowest BCUT2D eigenvalue weighted by Gasteiger charge is -2.04. The Bertz CT molecular complexity index is 2090. The summed E-state index contributed by atoms with van der Waals surface area (Å²) in [5.41, 5.74) is 7.78. The molecular weight excluding hydrogens is 470 g/mol. The monoisotopic (exact) mass is 489 g/mol. The number of aromatic amines is 1. The number of aliphatic imine (C=N–C) groups is 4. The molecule has 0 spiro atoms. The zero-order chi connectivity index (χ0) is 25.2. The first kappa shape index (κ1) is 20.8. The van der Waals surface area contributed by atoms with Crippen LogP contribution >= 0.6 is 0 Å².